The first-order valence-corrected chi connectivity index (χ1v) is 15.0. The molecule has 6 nitrogen and oxygen atoms in total. The number of hydrogen-bond acceptors (Lipinski definition) is 5. The third kappa shape index (κ3) is 8.06. The van der Waals surface area contributed by atoms with Crippen LogP contribution < -0.4 is 0 Å². The van der Waals surface area contributed by atoms with Crippen molar-refractivity contribution in [3.8, 4) is 5.69 Å². The van der Waals surface area contributed by atoms with Gasteiger partial charge < -0.3 is 14.1 Å². The van der Waals surface area contributed by atoms with Gasteiger partial charge in [-0.1, -0.05) is 100 Å². The second-order valence-corrected chi connectivity index (χ2v) is 10.8. The first-order chi connectivity index (χ1) is 20.0. The van der Waals surface area contributed by atoms with Gasteiger partial charge in [0.25, 0.3) is 0 Å². The maximum Gasteiger partial charge on any atom is 0.368 e. The summed E-state index contributed by atoms with van der Waals surface area (Å²) in [6.45, 7) is 6.73. The molecule has 0 fully saturated rings. The number of rotatable bonds is 15. The number of ether oxygens (including phenoxy) is 1. The maximum atomic E-state index is 12.6. The van der Waals surface area contributed by atoms with E-state index in [1.165, 1.54) is 51.4 Å². The highest BCUT2D eigenvalue weighted by atomic mass is 16.7. The zero-order valence-electron chi connectivity index (χ0n) is 24.7. The Bertz CT molecular complexity index is 1370. The molecule has 0 N–H and O–H groups in total. The van der Waals surface area contributed by atoms with Crippen molar-refractivity contribution in [3.63, 3.8) is 0 Å². The summed E-state index contributed by atoms with van der Waals surface area (Å²) in [7, 11) is 0. The normalized spacial score (nSPS) is 13.9. The lowest BCUT2D eigenvalue weighted by atomic mass is 10.0. The van der Waals surface area contributed by atoms with E-state index in [9.17, 15) is 9.59 Å². The molecule has 2 aromatic carbocycles. The van der Waals surface area contributed by atoms with E-state index >= 15 is 0 Å². The first-order valence-electron chi connectivity index (χ1n) is 15.0. The van der Waals surface area contributed by atoms with Crippen LogP contribution in [0.1, 0.15) is 104 Å². The molecule has 0 saturated carbocycles. The average molecular weight is 555 g/mol. The van der Waals surface area contributed by atoms with E-state index in [-0.39, 0.29) is 5.97 Å². The number of esters is 1. The molecule has 1 aliphatic heterocycles. The van der Waals surface area contributed by atoms with E-state index in [0.717, 1.165) is 41.0 Å². The van der Waals surface area contributed by atoms with Gasteiger partial charge in [0, 0.05) is 22.6 Å². The van der Waals surface area contributed by atoms with Crippen molar-refractivity contribution in [2.24, 2.45) is 5.16 Å². The van der Waals surface area contributed by atoms with E-state index in [1.54, 1.807) is 0 Å². The molecule has 2 heterocycles. The molecule has 216 valence electrons. The van der Waals surface area contributed by atoms with Crippen molar-refractivity contribution in [3.05, 3.63) is 94.3 Å². The molecule has 0 radical (unpaired) electrons. The van der Waals surface area contributed by atoms with Gasteiger partial charge in [-0.05, 0) is 62.2 Å². The van der Waals surface area contributed by atoms with Gasteiger partial charge in [0.05, 0.1) is 17.7 Å². The van der Waals surface area contributed by atoms with Crippen molar-refractivity contribution in [2.75, 3.05) is 6.61 Å². The standard InChI is InChI=1S/C35H42N2O4/c1-4-5-6-7-8-9-10-11-12-16-23-40-34(38)29-19-21-31(22-20-29)37-26(2)24-30(27(37)3)25-32-33(36-41-35(32)39)28-17-14-13-15-18-28/h13-15,17-22,24-25H,4-12,16,23H2,1-3H3. The van der Waals surface area contributed by atoms with Gasteiger partial charge in [0.1, 0.15) is 5.71 Å². The third-order valence-electron chi connectivity index (χ3n) is 7.60. The Hall–Kier alpha value is -3.93. The van der Waals surface area contributed by atoms with Crippen LogP contribution in [0.25, 0.3) is 11.8 Å². The summed E-state index contributed by atoms with van der Waals surface area (Å²) in [5.74, 6) is -0.749. The Kier molecular flexibility index (Phi) is 11.1. The summed E-state index contributed by atoms with van der Waals surface area (Å²) in [6.07, 6.45) is 14.3. The molecule has 1 aliphatic rings. The Morgan fingerprint density at radius 1 is 0.878 bits per heavy atom. The molecule has 0 bridgehead atoms. The van der Waals surface area contributed by atoms with Crippen molar-refractivity contribution in [1.29, 1.82) is 0 Å². The summed E-state index contributed by atoms with van der Waals surface area (Å²) < 4.78 is 7.62. The van der Waals surface area contributed by atoms with Crippen LogP contribution in [0.4, 0.5) is 0 Å². The number of carbonyl (C=O) groups is 2. The van der Waals surface area contributed by atoms with E-state index < -0.39 is 5.97 Å². The molecule has 0 saturated heterocycles. The lowest BCUT2D eigenvalue weighted by Gasteiger charge is -2.11. The molecule has 0 aliphatic carbocycles. The van der Waals surface area contributed by atoms with Gasteiger partial charge in [0.2, 0.25) is 0 Å². The highest BCUT2D eigenvalue weighted by Gasteiger charge is 2.27. The summed E-state index contributed by atoms with van der Waals surface area (Å²) in [5, 5.41) is 4.01. The molecule has 6 heteroatoms. The quantitative estimate of drug-likeness (QED) is 0.0817. The third-order valence-corrected chi connectivity index (χ3v) is 7.60. The lowest BCUT2D eigenvalue weighted by molar-refractivity contribution is -0.136. The molecule has 0 unspecified atom stereocenters. The van der Waals surface area contributed by atoms with Gasteiger partial charge >= 0.3 is 11.9 Å². The maximum absolute atomic E-state index is 12.6. The van der Waals surface area contributed by atoms with Crippen LogP contribution in [-0.2, 0) is 14.4 Å². The predicted octanol–water partition coefficient (Wildman–Crippen LogP) is 8.52. The van der Waals surface area contributed by atoms with Crippen LogP contribution in [-0.4, -0.2) is 28.8 Å². The fraction of sp³-hybridized carbons (Fsp3) is 0.400. The van der Waals surface area contributed by atoms with Crippen molar-refractivity contribution < 1.29 is 19.2 Å². The first kappa shape index (κ1) is 30.0. The number of unbranched alkanes of at least 4 members (excludes halogenated alkanes) is 9. The van der Waals surface area contributed by atoms with E-state index in [4.69, 9.17) is 9.57 Å². The van der Waals surface area contributed by atoms with Gasteiger partial charge in [-0.3, -0.25) is 0 Å². The zero-order chi connectivity index (χ0) is 29.0. The Labute approximate surface area is 244 Å². The number of carbonyl (C=O) groups excluding carboxylic acids is 2. The van der Waals surface area contributed by atoms with Crippen LogP contribution in [0, 0.1) is 13.8 Å². The Morgan fingerprint density at radius 3 is 2.17 bits per heavy atom. The second-order valence-electron chi connectivity index (χ2n) is 10.8. The Balaban J connectivity index is 1.31. The number of aryl methyl sites for hydroxylation is 1. The number of aromatic nitrogens is 1. The van der Waals surface area contributed by atoms with Gasteiger partial charge in [-0.15, -0.1) is 0 Å². The summed E-state index contributed by atoms with van der Waals surface area (Å²) in [6, 6.07) is 19.0. The minimum atomic E-state index is -0.464. The molecule has 41 heavy (non-hydrogen) atoms. The molecule has 0 atom stereocenters. The molecule has 4 rings (SSSR count). The fourth-order valence-corrected chi connectivity index (χ4v) is 5.28. The van der Waals surface area contributed by atoms with E-state index in [2.05, 4.69) is 16.6 Å². The van der Waals surface area contributed by atoms with E-state index in [0.29, 0.717) is 23.5 Å². The fourth-order valence-electron chi connectivity index (χ4n) is 5.28. The average Bonchev–Trinajstić information content (AvgIpc) is 3.49. The van der Waals surface area contributed by atoms with E-state index in [1.807, 2.05) is 80.6 Å². The monoisotopic (exact) mass is 554 g/mol. The SMILES string of the molecule is CCCCCCCCCCCCOC(=O)c1ccc(-n2c(C)cc(C=C3C(=O)ON=C3c3ccccc3)c2C)cc1. The smallest absolute Gasteiger partial charge is 0.368 e. The minimum absolute atomic E-state index is 0.286. The molecular weight excluding hydrogens is 512 g/mol. The molecular formula is C35H42N2O4. The summed E-state index contributed by atoms with van der Waals surface area (Å²) >= 11 is 0. The topological polar surface area (TPSA) is 69.9 Å². The molecule has 0 amide bonds. The molecule has 1 aromatic heterocycles. The highest BCUT2D eigenvalue weighted by molar-refractivity contribution is 6.31. The second kappa shape index (κ2) is 15.2. The van der Waals surface area contributed by atoms with Crippen LogP contribution >= 0.6 is 0 Å². The Morgan fingerprint density at radius 2 is 1.51 bits per heavy atom. The number of hydrogen-bond donors (Lipinski definition) is 0. The number of oxime groups is 1. The van der Waals surface area contributed by atoms with Gasteiger partial charge in [-0.2, -0.15) is 0 Å². The minimum Gasteiger partial charge on any atom is -0.462 e. The summed E-state index contributed by atoms with van der Waals surface area (Å²) in [4.78, 5) is 30.0. The summed E-state index contributed by atoms with van der Waals surface area (Å²) in [5.41, 5.74) is 6.14. The number of benzene rings is 2. The highest BCUT2D eigenvalue weighted by Crippen LogP contribution is 2.26. The lowest BCUT2D eigenvalue weighted by Crippen LogP contribution is -2.07. The molecule has 0 spiro atoms. The number of nitrogens with zero attached hydrogens (tertiary/aromatic N) is 2. The predicted molar refractivity (Wildman–Crippen MR) is 164 cm³/mol. The van der Waals surface area contributed by atoms with Crippen molar-refractivity contribution in [2.45, 2.75) is 85.0 Å². The largest absolute Gasteiger partial charge is 0.462 e. The van der Waals surface area contributed by atoms with Gasteiger partial charge in [0.15, 0.2) is 0 Å². The van der Waals surface area contributed by atoms with Crippen LogP contribution in [0.15, 0.2) is 71.4 Å². The van der Waals surface area contributed by atoms with Crippen molar-refractivity contribution >= 4 is 23.7 Å². The van der Waals surface area contributed by atoms with Crippen LogP contribution in [0.3, 0.4) is 0 Å². The molecule has 3 aromatic rings. The van der Waals surface area contributed by atoms with Gasteiger partial charge in [-0.25, -0.2) is 9.59 Å². The van der Waals surface area contributed by atoms with Crippen LogP contribution in [0.2, 0.25) is 0 Å². The van der Waals surface area contributed by atoms with Crippen molar-refractivity contribution in [1.82, 2.24) is 4.57 Å². The van der Waals surface area contributed by atoms with Crippen LogP contribution in [0.5, 0.6) is 0 Å². The zero-order valence-corrected chi connectivity index (χ0v) is 24.7.